The number of halogens is 2. The topological polar surface area (TPSA) is 54.9 Å². The standard InChI is InChI=1S/C21H13F2N3OS/c22-15-6-7-18(23)17(10-15)20(27)25-16-5-1-3-13(9-16)19-12-28-21(26-19)14-4-2-8-24-11-14/h1-12H,(H,25,27). The lowest BCUT2D eigenvalue weighted by Gasteiger charge is -2.07. The zero-order chi connectivity index (χ0) is 19.5. The van der Waals surface area contributed by atoms with Crippen LogP contribution in [-0.2, 0) is 0 Å². The fourth-order valence-corrected chi connectivity index (χ4v) is 3.47. The summed E-state index contributed by atoms with van der Waals surface area (Å²) in [5, 5.41) is 5.34. The number of rotatable bonds is 4. The molecule has 0 aliphatic carbocycles. The van der Waals surface area contributed by atoms with Crippen LogP contribution < -0.4 is 5.32 Å². The first-order chi connectivity index (χ1) is 13.6. The first kappa shape index (κ1) is 17.9. The summed E-state index contributed by atoms with van der Waals surface area (Å²) < 4.78 is 27.1. The Morgan fingerprint density at radius 3 is 2.68 bits per heavy atom. The Kier molecular flexibility index (Phi) is 4.90. The second-order valence-corrected chi connectivity index (χ2v) is 6.80. The van der Waals surface area contributed by atoms with E-state index in [2.05, 4.69) is 15.3 Å². The molecule has 2 heterocycles. The van der Waals surface area contributed by atoms with Gasteiger partial charge in [-0.15, -0.1) is 11.3 Å². The minimum Gasteiger partial charge on any atom is -0.322 e. The van der Waals surface area contributed by atoms with Crippen LogP contribution in [0.4, 0.5) is 14.5 Å². The van der Waals surface area contributed by atoms with Gasteiger partial charge in [0, 0.05) is 34.6 Å². The predicted molar refractivity (Wildman–Crippen MR) is 105 cm³/mol. The SMILES string of the molecule is O=C(Nc1cccc(-c2csc(-c3cccnc3)n2)c1)c1cc(F)ccc1F. The third-order valence-corrected chi connectivity index (χ3v) is 4.89. The number of nitrogens with zero attached hydrogens (tertiary/aromatic N) is 2. The van der Waals surface area contributed by atoms with Gasteiger partial charge in [0.1, 0.15) is 16.6 Å². The molecule has 0 saturated carbocycles. The van der Waals surface area contributed by atoms with Gasteiger partial charge in [-0.05, 0) is 42.5 Å². The van der Waals surface area contributed by atoms with Crippen molar-refractivity contribution in [1.82, 2.24) is 9.97 Å². The van der Waals surface area contributed by atoms with Gasteiger partial charge < -0.3 is 5.32 Å². The number of thiazole rings is 1. The van der Waals surface area contributed by atoms with Gasteiger partial charge >= 0.3 is 0 Å². The Labute approximate surface area is 163 Å². The van der Waals surface area contributed by atoms with E-state index >= 15 is 0 Å². The van der Waals surface area contributed by atoms with Crippen molar-refractivity contribution in [3.05, 3.63) is 89.6 Å². The Morgan fingerprint density at radius 2 is 1.86 bits per heavy atom. The molecule has 2 aromatic carbocycles. The minimum absolute atomic E-state index is 0.349. The Hall–Kier alpha value is -3.45. The Morgan fingerprint density at radius 1 is 1.00 bits per heavy atom. The van der Waals surface area contributed by atoms with Crippen molar-refractivity contribution in [2.24, 2.45) is 0 Å². The summed E-state index contributed by atoms with van der Waals surface area (Å²) in [5.41, 5.74) is 2.57. The number of amides is 1. The molecule has 4 aromatic rings. The molecule has 0 radical (unpaired) electrons. The van der Waals surface area contributed by atoms with Crippen LogP contribution in [0, 0.1) is 11.6 Å². The summed E-state index contributed by atoms with van der Waals surface area (Å²) in [5.74, 6) is -2.18. The molecule has 0 bridgehead atoms. The van der Waals surface area contributed by atoms with Gasteiger partial charge in [0.2, 0.25) is 0 Å². The first-order valence-electron chi connectivity index (χ1n) is 8.33. The molecular formula is C21H13F2N3OS. The number of benzene rings is 2. The molecule has 28 heavy (non-hydrogen) atoms. The molecule has 138 valence electrons. The molecule has 0 saturated heterocycles. The van der Waals surface area contributed by atoms with Crippen molar-refractivity contribution in [2.75, 3.05) is 5.32 Å². The average Bonchev–Trinajstić information content (AvgIpc) is 3.21. The third kappa shape index (κ3) is 3.79. The van der Waals surface area contributed by atoms with E-state index in [0.717, 1.165) is 40.0 Å². The number of anilines is 1. The zero-order valence-electron chi connectivity index (χ0n) is 14.4. The summed E-state index contributed by atoms with van der Waals surface area (Å²) in [6, 6.07) is 13.6. The number of carbonyl (C=O) groups excluding carboxylic acids is 1. The van der Waals surface area contributed by atoms with E-state index in [1.165, 1.54) is 11.3 Å². The van der Waals surface area contributed by atoms with E-state index in [1.807, 2.05) is 23.6 Å². The van der Waals surface area contributed by atoms with Crippen molar-refractivity contribution in [3.8, 4) is 21.8 Å². The highest BCUT2D eigenvalue weighted by molar-refractivity contribution is 7.13. The molecule has 0 aliphatic rings. The fourth-order valence-electron chi connectivity index (χ4n) is 2.65. The highest BCUT2D eigenvalue weighted by Gasteiger charge is 2.14. The maximum absolute atomic E-state index is 13.8. The summed E-state index contributed by atoms with van der Waals surface area (Å²) in [6.45, 7) is 0. The number of hydrogen-bond acceptors (Lipinski definition) is 4. The molecule has 1 N–H and O–H groups in total. The molecule has 1 amide bonds. The fraction of sp³-hybridized carbons (Fsp3) is 0. The van der Waals surface area contributed by atoms with Gasteiger partial charge in [0.25, 0.3) is 5.91 Å². The first-order valence-corrected chi connectivity index (χ1v) is 9.21. The number of carbonyl (C=O) groups is 1. The van der Waals surface area contributed by atoms with Crippen LogP contribution in [0.3, 0.4) is 0 Å². The zero-order valence-corrected chi connectivity index (χ0v) is 15.2. The van der Waals surface area contributed by atoms with Crippen LogP contribution in [-0.4, -0.2) is 15.9 Å². The van der Waals surface area contributed by atoms with Gasteiger partial charge in [0.05, 0.1) is 11.3 Å². The number of pyridine rings is 1. The average molecular weight is 393 g/mol. The van der Waals surface area contributed by atoms with Crippen LogP contribution in [0.2, 0.25) is 0 Å². The summed E-state index contributed by atoms with van der Waals surface area (Å²) >= 11 is 1.49. The monoisotopic (exact) mass is 393 g/mol. The van der Waals surface area contributed by atoms with Crippen molar-refractivity contribution < 1.29 is 13.6 Å². The van der Waals surface area contributed by atoms with Crippen LogP contribution in [0.15, 0.2) is 72.4 Å². The quantitative estimate of drug-likeness (QED) is 0.505. The number of aromatic nitrogens is 2. The molecule has 7 heteroatoms. The molecule has 2 aromatic heterocycles. The molecule has 4 nitrogen and oxygen atoms in total. The van der Waals surface area contributed by atoms with Crippen molar-refractivity contribution in [1.29, 1.82) is 0 Å². The van der Waals surface area contributed by atoms with E-state index < -0.39 is 17.5 Å². The molecule has 0 aliphatic heterocycles. The van der Waals surface area contributed by atoms with Gasteiger partial charge in [0.15, 0.2) is 0 Å². The normalized spacial score (nSPS) is 10.6. The third-order valence-electron chi connectivity index (χ3n) is 4.00. The molecule has 4 rings (SSSR count). The van der Waals surface area contributed by atoms with E-state index in [4.69, 9.17) is 0 Å². The lowest BCUT2D eigenvalue weighted by molar-refractivity contribution is 0.102. The molecule has 0 unspecified atom stereocenters. The second-order valence-electron chi connectivity index (χ2n) is 5.94. The molecular weight excluding hydrogens is 380 g/mol. The minimum atomic E-state index is -0.782. The second kappa shape index (κ2) is 7.66. The van der Waals surface area contributed by atoms with Crippen molar-refractivity contribution >= 4 is 22.9 Å². The smallest absolute Gasteiger partial charge is 0.258 e. The molecule has 0 atom stereocenters. The van der Waals surface area contributed by atoms with Crippen LogP contribution in [0.5, 0.6) is 0 Å². The summed E-state index contributed by atoms with van der Waals surface area (Å²) in [4.78, 5) is 21.0. The summed E-state index contributed by atoms with van der Waals surface area (Å²) in [6.07, 6.45) is 3.44. The largest absolute Gasteiger partial charge is 0.322 e. The number of nitrogens with one attached hydrogen (secondary N) is 1. The highest BCUT2D eigenvalue weighted by atomic mass is 32.1. The van der Waals surface area contributed by atoms with Crippen LogP contribution in [0.1, 0.15) is 10.4 Å². The van der Waals surface area contributed by atoms with Gasteiger partial charge in [-0.3, -0.25) is 9.78 Å². The molecule has 0 spiro atoms. The van der Waals surface area contributed by atoms with Gasteiger partial charge in [-0.1, -0.05) is 12.1 Å². The van der Waals surface area contributed by atoms with E-state index in [1.54, 1.807) is 30.6 Å². The van der Waals surface area contributed by atoms with Crippen LogP contribution in [0.25, 0.3) is 21.8 Å². The van der Waals surface area contributed by atoms with Crippen molar-refractivity contribution in [3.63, 3.8) is 0 Å². The van der Waals surface area contributed by atoms with Gasteiger partial charge in [-0.2, -0.15) is 0 Å². The lowest BCUT2D eigenvalue weighted by Crippen LogP contribution is -2.14. The highest BCUT2D eigenvalue weighted by Crippen LogP contribution is 2.29. The van der Waals surface area contributed by atoms with E-state index in [0.29, 0.717) is 5.69 Å². The van der Waals surface area contributed by atoms with Crippen LogP contribution >= 0.6 is 11.3 Å². The maximum Gasteiger partial charge on any atom is 0.258 e. The summed E-state index contributed by atoms with van der Waals surface area (Å²) in [7, 11) is 0. The Balaban J connectivity index is 1.58. The van der Waals surface area contributed by atoms with Gasteiger partial charge in [-0.25, -0.2) is 13.8 Å². The van der Waals surface area contributed by atoms with Crippen molar-refractivity contribution in [2.45, 2.75) is 0 Å². The van der Waals surface area contributed by atoms with E-state index in [-0.39, 0.29) is 5.56 Å². The predicted octanol–water partition coefficient (Wildman–Crippen LogP) is 5.40. The maximum atomic E-state index is 13.8. The van der Waals surface area contributed by atoms with E-state index in [9.17, 15) is 13.6 Å². The lowest BCUT2D eigenvalue weighted by atomic mass is 10.1. The molecule has 0 fully saturated rings. The number of hydrogen-bond donors (Lipinski definition) is 1. The Bertz CT molecular complexity index is 1150.